The van der Waals surface area contributed by atoms with E-state index in [1.54, 1.807) is 4.68 Å². The predicted molar refractivity (Wildman–Crippen MR) is 98.6 cm³/mol. The zero-order chi connectivity index (χ0) is 17.6. The van der Waals surface area contributed by atoms with Crippen LogP contribution in [0.2, 0.25) is 0 Å². The van der Waals surface area contributed by atoms with Crippen molar-refractivity contribution >= 4 is 28.3 Å². The fourth-order valence-electron chi connectivity index (χ4n) is 3.52. The van der Waals surface area contributed by atoms with Gasteiger partial charge in [0.05, 0.1) is 17.1 Å². The molecule has 3 heterocycles. The normalized spacial score (nSPS) is 17.3. The molecule has 1 amide bonds. The zero-order valence-electron chi connectivity index (χ0n) is 14.7. The molecule has 1 atom stereocenters. The first-order valence-electron chi connectivity index (χ1n) is 8.46. The summed E-state index contributed by atoms with van der Waals surface area (Å²) in [6.45, 7) is 4.79. The van der Waals surface area contributed by atoms with Gasteiger partial charge < -0.3 is 10.2 Å². The smallest absolute Gasteiger partial charge is 0.226 e. The van der Waals surface area contributed by atoms with Crippen LogP contribution in [-0.2, 0) is 18.4 Å². The molecule has 4 rings (SSSR count). The molecule has 0 unspecified atom stereocenters. The molecule has 0 fully saturated rings. The maximum Gasteiger partial charge on any atom is 0.226 e. The Morgan fingerprint density at radius 3 is 2.96 bits per heavy atom. The van der Waals surface area contributed by atoms with E-state index in [0.29, 0.717) is 13.0 Å². The van der Waals surface area contributed by atoms with Crippen LogP contribution in [0.15, 0.2) is 36.5 Å². The van der Waals surface area contributed by atoms with E-state index in [1.165, 1.54) is 0 Å². The molecule has 1 aliphatic rings. The molecule has 128 valence electrons. The lowest BCUT2D eigenvalue weighted by Gasteiger charge is -2.30. The lowest BCUT2D eigenvalue weighted by molar-refractivity contribution is -0.116. The fraction of sp³-hybridized carbons (Fsp3) is 0.316. The Bertz CT molecular complexity index is 962. The average Bonchev–Trinajstić information content (AvgIpc) is 2.80. The Labute approximate surface area is 146 Å². The van der Waals surface area contributed by atoms with Gasteiger partial charge in [-0.2, -0.15) is 5.10 Å². The molecule has 3 aromatic rings. The van der Waals surface area contributed by atoms with E-state index in [9.17, 15) is 4.79 Å². The number of carbonyl (C=O) groups is 1. The van der Waals surface area contributed by atoms with Crippen LogP contribution in [0.3, 0.4) is 0 Å². The van der Waals surface area contributed by atoms with Gasteiger partial charge in [0, 0.05) is 37.6 Å². The van der Waals surface area contributed by atoms with Crippen molar-refractivity contribution in [1.82, 2.24) is 14.8 Å². The van der Waals surface area contributed by atoms with Gasteiger partial charge in [-0.3, -0.25) is 9.48 Å². The first-order valence-corrected chi connectivity index (χ1v) is 8.46. The van der Waals surface area contributed by atoms with Crippen molar-refractivity contribution in [3.8, 4) is 0 Å². The number of nitrogens with one attached hydrogen (secondary N) is 1. The van der Waals surface area contributed by atoms with E-state index >= 15 is 0 Å². The Balaban J connectivity index is 1.74. The average molecular weight is 335 g/mol. The van der Waals surface area contributed by atoms with E-state index in [4.69, 9.17) is 0 Å². The Morgan fingerprint density at radius 2 is 2.12 bits per heavy atom. The third-order valence-corrected chi connectivity index (χ3v) is 4.77. The minimum Gasteiger partial charge on any atom is -0.362 e. The second-order valence-electron chi connectivity index (χ2n) is 6.67. The van der Waals surface area contributed by atoms with Crippen LogP contribution in [0.25, 0.3) is 11.0 Å². The van der Waals surface area contributed by atoms with E-state index in [2.05, 4.69) is 39.4 Å². The van der Waals surface area contributed by atoms with Crippen molar-refractivity contribution in [3.05, 3.63) is 47.8 Å². The first kappa shape index (κ1) is 15.6. The van der Waals surface area contributed by atoms with E-state index < -0.39 is 0 Å². The van der Waals surface area contributed by atoms with Crippen molar-refractivity contribution in [2.45, 2.75) is 32.9 Å². The number of benzene rings is 1. The third-order valence-electron chi connectivity index (χ3n) is 4.77. The number of hydrogen-bond acceptors (Lipinski definition) is 4. The zero-order valence-corrected chi connectivity index (χ0v) is 14.7. The van der Waals surface area contributed by atoms with Crippen molar-refractivity contribution < 1.29 is 4.79 Å². The summed E-state index contributed by atoms with van der Waals surface area (Å²) >= 11 is 0. The van der Waals surface area contributed by atoms with Crippen LogP contribution in [0, 0.1) is 6.92 Å². The molecule has 0 radical (unpaired) electrons. The second-order valence-corrected chi connectivity index (χ2v) is 6.67. The number of nitrogens with zero attached hydrogens (tertiary/aromatic N) is 4. The van der Waals surface area contributed by atoms with Crippen LogP contribution < -0.4 is 10.2 Å². The highest BCUT2D eigenvalue weighted by Gasteiger charge is 2.25. The van der Waals surface area contributed by atoms with Crippen molar-refractivity contribution in [2.75, 3.05) is 10.2 Å². The molecule has 0 spiro atoms. The van der Waals surface area contributed by atoms with Gasteiger partial charge in [-0.1, -0.05) is 12.1 Å². The van der Waals surface area contributed by atoms with E-state index in [1.807, 2.05) is 38.4 Å². The minimum absolute atomic E-state index is 0.0548. The molecule has 6 heteroatoms. The summed E-state index contributed by atoms with van der Waals surface area (Å²) in [5, 5.41) is 8.51. The number of hydrogen-bond donors (Lipinski definition) is 1. The van der Waals surface area contributed by atoms with Crippen LogP contribution >= 0.6 is 0 Å². The van der Waals surface area contributed by atoms with Gasteiger partial charge in [-0.25, -0.2) is 4.98 Å². The van der Waals surface area contributed by atoms with Crippen LogP contribution in [-0.4, -0.2) is 26.7 Å². The summed E-state index contributed by atoms with van der Waals surface area (Å²) < 4.78 is 1.81. The molecule has 25 heavy (non-hydrogen) atoms. The maximum absolute atomic E-state index is 12.1. The number of fused-ring (bicyclic) bond motifs is 2. The van der Waals surface area contributed by atoms with Crippen LogP contribution in [0.1, 0.15) is 24.6 Å². The van der Waals surface area contributed by atoms with Crippen LogP contribution in [0.4, 0.5) is 11.4 Å². The largest absolute Gasteiger partial charge is 0.362 e. The van der Waals surface area contributed by atoms with Gasteiger partial charge in [-0.15, -0.1) is 0 Å². The molecule has 0 saturated heterocycles. The van der Waals surface area contributed by atoms with Gasteiger partial charge in [-0.05, 0) is 37.6 Å². The number of aromatic nitrogens is 3. The summed E-state index contributed by atoms with van der Waals surface area (Å²) in [7, 11) is 1.91. The quantitative estimate of drug-likeness (QED) is 0.782. The fourth-order valence-corrected chi connectivity index (χ4v) is 3.52. The standard InChI is InChI=1S/C19H21N5O/c1-12-8-18(25)21-16-6-4-5-7-17(16)24(12)11-14-9-15-13(2)22-23(3)19(15)20-10-14/h4-7,9-10,12H,8,11H2,1-3H3,(H,21,25)/t12-/m0/s1. The minimum atomic E-state index is 0.0548. The lowest BCUT2D eigenvalue weighted by Crippen LogP contribution is -2.33. The summed E-state index contributed by atoms with van der Waals surface area (Å²) in [6, 6.07) is 10.2. The maximum atomic E-state index is 12.1. The monoisotopic (exact) mass is 335 g/mol. The summed E-state index contributed by atoms with van der Waals surface area (Å²) in [4.78, 5) is 19.0. The van der Waals surface area contributed by atoms with Gasteiger partial charge in [0.25, 0.3) is 0 Å². The Kier molecular flexibility index (Phi) is 3.67. The molecular formula is C19H21N5O. The van der Waals surface area contributed by atoms with Gasteiger partial charge in [0.15, 0.2) is 5.65 Å². The third kappa shape index (κ3) is 2.73. The number of carbonyl (C=O) groups excluding carboxylic acids is 1. The predicted octanol–water partition coefficient (Wildman–Crippen LogP) is 3.01. The molecule has 6 nitrogen and oxygen atoms in total. The molecule has 1 aliphatic heterocycles. The summed E-state index contributed by atoms with van der Waals surface area (Å²) in [5.41, 5.74) is 4.89. The number of pyridine rings is 1. The number of anilines is 2. The molecule has 0 saturated carbocycles. The molecule has 1 N–H and O–H groups in total. The topological polar surface area (TPSA) is 63.1 Å². The molecule has 0 aliphatic carbocycles. The Morgan fingerprint density at radius 1 is 1.32 bits per heavy atom. The van der Waals surface area contributed by atoms with Gasteiger partial charge in [0.1, 0.15) is 0 Å². The number of amides is 1. The number of para-hydroxylation sites is 2. The van der Waals surface area contributed by atoms with Gasteiger partial charge in [0.2, 0.25) is 5.91 Å². The molecule has 1 aromatic carbocycles. The van der Waals surface area contributed by atoms with E-state index in [0.717, 1.165) is 33.7 Å². The van der Waals surface area contributed by atoms with Crippen molar-refractivity contribution in [3.63, 3.8) is 0 Å². The highest BCUT2D eigenvalue weighted by molar-refractivity contribution is 5.96. The van der Waals surface area contributed by atoms with Crippen molar-refractivity contribution in [2.24, 2.45) is 7.05 Å². The highest BCUT2D eigenvalue weighted by atomic mass is 16.1. The second kappa shape index (κ2) is 5.88. The molecule has 0 bridgehead atoms. The highest BCUT2D eigenvalue weighted by Crippen LogP contribution is 2.32. The van der Waals surface area contributed by atoms with Crippen LogP contribution in [0.5, 0.6) is 0 Å². The molecule has 2 aromatic heterocycles. The van der Waals surface area contributed by atoms with E-state index in [-0.39, 0.29) is 11.9 Å². The summed E-state index contributed by atoms with van der Waals surface area (Å²) in [6.07, 6.45) is 2.37. The first-order chi connectivity index (χ1) is 12.0. The number of rotatable bonds is 2. The summed E-state index contributed by atoms with van der Waals surface area (Å²) in [5.74, 6) is 0.0548. The van der Waals surface area contributed by atoms with Crippen molar-refractivity contribution in [1.29, 1.82) is 0 Å². The van der Waals surface area contributed by atoms with Gasteiger partial charge >= 0.3 is 0 Å². The SMILES string of the molecule is Cc1nn(C)c2ncc(CN3c4ccccc4NC(=O)C[C@@H]3C)cc12. The molecular weight excluding hydrogens is 314 g/mol. The number of aryl methyl sites for hydroxylation is 2. The lowest BCUT2D eigenvalue weighted by atomic mass is 10.1. The Hall–Kier alpha value is -2.89.